The molecule has 0 saturated heterocycles. The molecular formula is C13H17Cl2N2O3P. The molecular weight excluding hydrogens is 334 g/mol. The largest absolute Gasteiger partial charge is 1.00 e. The van der Waals surface area contributed by atoms with Gasteiger partial charge in [-0.3, -0.25) is 9.55 Å². The molecule has 21 heavy (non-hydrogen) atoms. The van der Waals surface area contributed by atoms with Crippen LogP contribution in [0.4, 0.5) is 0 Å². The van der Waals surface area contributed by atoms with Crippen LogP contribution in [0.2, 0.25) is 0 Å². The van der Waals surface area contributed by atoms with Gasteiger partial charge in [0.25, 0.3) is 0 Å². The Labute approximate surface area is 136 Å². The van der Waals surface area contributed by atoms with Crippen molar-refractivity contribution in [3.05, 3.63) is 49.1 Å². The van der Waals surface area contributed by atoms with Gasteiger partial charge < -0.3 is 22.2 Å². The van der Waals surface area contributed by atoms with Crippen LogP contribution in [0.25, 0.3) is 11.1 Å². The minimum Gasteiger partial charge on any atom is -1.00 e. The van der Waals surface area contributed by atoms with Gasteiger partial charge in [0.1, 0.15) is 6.54 Å². The van der Waals surface area contributed by atoms with Crippen molar-refractivity contribution in [1.82, 2.24) is 4.98 Å². The molecule has 2 heterocycles. The number of hydrogen-bond acceptors (Lipinski definition) is 2. The van der Waals surface area contributed by atoms with Crippen molar-refractivity contribution in [2.75, 3.05) is 6.16 Å². The maximum Gasteiger partial charge on any atom is 0.325 e. The lowest BCUT2D eigenvalue weighted by Crippen LogP contribution is -3.00. The van der Waals surface area contributed by atoms with E-state index in [9.17, 15) is 4.57 Å². The Morgan fingerprint density at radius 3 is 2.10 bits per heavy atom. The summed E-state index contributed by atoms with van der Waals surface area (Å²) in [5.74, 6) is 0. The van der Waals surface area contributed by atoms with Gasteiger partial charge in [-0.2, -0.15) is 0 Å². The van der Waals surface area contributed by atoms with E-state index < -0.39 is 7.60 Å². The fraction of sp³-hybridized carbons (Fsp3) is 0.231. The Balaban J connectivity index is 0.00000200. The van der Waals surface area contributed by atoms with Crippen LogP contribution < -0.4 is 17.0 Å². The van der Waals surface area contributed by atoms with E-state index >= 15 is 0 Å². The highest BCUT2D eigenvalue weighted by atomic mass is 35.5. The Morgan fingerprint density at radius 1 is 1.05 bits per heavy atom. The van der Waals surface area contributed by atoms with Gasteiger partial charge in [-0.15, -0.1) is 12.4 Å². The molecule has 0 bridgehead atoms. The summed E-state index contributed by atoms with van der Waals surface area (Å²) in [6.45, 7) is 0.599. The quantitative estimate of drug-likeness (QED) is 0.537. The average molecular weight is 351 g/mol. The van der Waals surface area contributed by atoms with E-state index in [1.54, 1.807) is 12.4 Å². The third-order valence-corrected chi connectivity index (χ3v) is 3.67. The monoisotopic (exact) mass is 350 g/mol. The molecule has 0 unspecified atom stereocenters. The van der Waals surface area contributed by atoms with E-state index in [4.69, 9.17) is 9.79 Å². The summed E-state index contributed by atoms with van der Waals surface area (Å²) in [5, 5.41) is 0. The normalized spacial score (nSPS) is 10.4. The van der Waals surface area contributed by atoms with Crippen molar-refractivity contribution in [3.8, 4) is 11.1 Å². The van der Waals surface area contributed by atoms with Crippen molar-refractivity contribution in [2.45, 2.75) is 13.0 Å². The summed E-state index contributed by atoms with van der Waals surface area (Å²) in [5.41, 5.74) is 2.19. The van der Waals surface area contributed by atoms with Gasteiger partial charge in [0.15, 0.2) is 12.4 Å². The Hall–Kier alpha value is -0.970. The molecule has 0 saturated carbocycles. The molecule has 0 radical (unpaired) electrons. The zero-order valence-electron chi connectivity index (χ0n) is 11.2. The highest BCUT2D eigenvalue weighted by molar-refractivity contribution is 7.51. The van der Waals surface area contributed by atoms with Crippen LogP contribution in [0, 0.1) is 0 Å². The summed E-state index contributed by atoms with van der Waals surface area (Å²) >= 11 is 0. The second kappa shape index (κ2) is 9.13. The van der Waals surface area contributed by atoms with Crippen LogP contribution in [0.1, 0.15) is 6.42 Å². The van der Waals surface area contributed by atoms with Crippen molar-refractivity contribution >= 4 is 20.0 Å². The average Bonchev–Trinajstić information content (AvgIpc) is 2.39. The van der Waals surface area contributed by atoms with Crippen LogP contribution in [0.5, 0.6) is 0 Å². The number of halogens is 2. The lowest BCUT2D eigenvalue weighted by atomic mass is 10.1. The lowest BCUT2D eigenvalue weighted by Gasteiger charge is -2.02. The number of aromatic nitrogens is 2. The molecule has 2 aromatic rings. The van der Waals surface area contributed by atoms with Gasteiger partial charge in [0.2, 0.25) is 0 Å². The molecule has 116 valence electrons. The summed E-state index contributed by atoms with van der Waals surface area (Å²) in [6.07, 6.45) is 7.70. The zero-order chi connectivity index (χ0) is 13.7. The first-order valence-corrected chi connectivity index (χ1v) is 7.78. The molecule has 0 aliphatic heterocycles. The molecule has 2 N–H and O–H groups in total. The van der Waals surface area contributed by atoms with E-state index in [-0.39, 0.29) is 31.0 Å². The number of nitrogens with zero attached hydrogens (tertiary/aromatic N) is 2. The fourth-order valence-corrected chi connectivity index (χ4v) is 2.36. The predicted octanol–water partition coefficient (Wildman–Crippen LogP) is -0.970. The van der Waals surface area contributed by atoms with Crippen LogP contribution in [-0.4, -0.2) is 20.9 Å². The van der Waals surface area contributed by atoms with Gasteiger partial charge >= 0.3 is 7.60 Å². The molecule has 0 spiro atoms. The van der Waals surface area contributed by atoms with Gasteiger partial charge in [-0.1, -0.05) is 0 Å². The highest BCUT2D eigenvalue weighted by Crippen LogP contribution is 2.34. The number of hydrogen-bond donors (Lipinski definition) is 2. The van der Waals surface area contributed by atoms with Crippen LogP contribution in [0.15, 0.2) is 49.1 Å². The second-order valence-electron chi connectivity index (χ2n) is 4.30. The Morgan fingerprint density at radius 2 is 1.57 bits per heavy atom. The SMILES string of the molecule is Cl.O=P(O)(O)CCC[n+]1ccc(-c2ccncc2)cc1.[Cl-]. The van der Waals surface area contributed by atoms with Crippen molar-refractivity contribution in [1.29, 1.82) is 0 Å². The van der Waals surface area contributed by atoms with Crippen LogP contribution in [-0.2, 0) is 11.1 Å². The third-order valence-electron chi connectivity index (χ3n) is 2.77. The van der Waals surface area contributed by atoms with E-state index in [1.165, 1.54) is 0 Å². The van der Waals surface area contributed by atoms with E-state index in [2.05, 4.69) is 4.98 Å². The minimum absolute atomic E-state index is 0. The van der Waals surface area contributed by atoms with Crippen molar-refractivity contribution in [3.63, 3.8) is 0 Å². The summed E-state index contributed by atoms with van der Waals surface area (Å²) in [4.78, 5) is 21.5. The summed E-state index contributed by atoms with van der Waals surface area (Å²) in [7, 11) is -3.88. The van der Waals surface area contributed by atoms with Crippen molar-refractivity contribution in [2.24, 2.45) is 0 Å². The van der Waals surface area contributed by atoms with E-state index in [1.807, 2.05) is 41.2 Å². The molecule has 0 amide bonds. The molecule has 0 aromatic carbocycles. The first-order valence-electron chi connectivity index (χ1n) is 5.99. The molecule has 2 rings (SSSR count). The smallest absolute Gasteiger partial charge is 0.325 e. The van der Waals surface area contributed by atoms with E-state index in [0.29, 0.717) is 13.0 Å². The Kier molecular flexibility index (Phi) is 8.71. The molecule has 2 aromatic heterocycles. The maximum absolute atomic E-state index is 10.7. The zero-order valence-corrected chi connectivity index (χ0v) is 13.6. The predicted molar refractivity (Wildman–Crippen MR) is 78.6 cm³/mol. The maximum atomic E-state index is 10.7. The number of pyridine rings is 2. The second-order valence-corrected chi connectivity index (χ2v) is 6.08. The topological polar surface area (TPSA) is 74.3 Å². The molecule has 0 aliphatic carbocycles. The van der Waals surface area contributed by atoms with Gasteiger partial charge in [0.05, 0.1) is 6.16 Å². The Bertz CT molecular complexity index is 576. The minimum atomic E-state index is -3.88. The first kappa shape index (κ1) is 20.0. The fourth-order valence-electron chi connectivity index (χ4n) is 1.80. The van der Waals surface area contributed by atoms with Gasteiger partial charge in [0, 0.05) is 30.9 Å². The number of aryl methyl sites for hydroxylation is 1. The van der Waals surface area contributed by atoms with E-state index in [0.717, 1.165) is 11.1 Å². The third kappa shape index (κ3) is 7.02. The van der Waals surface area contributed by atoms with Crippen molar-refractivity contribution < 1.29 is 31.3 Å². The first-order chi connectivity index (χ1) is 9.04. The summed E-state index contributed by atoms with van der Waals surface area (Å²) in [6, 6.07) is 7.83. The molecule has 8 heteroatoms. The molecule has 0 fully saturated rings. The van der Waals surface area contributed by atoms with Gasteiger partial charge in [-0.25, -0.2) is 4.57 Å². The van der Waals surface area contributed by atoms with Crippen LogP contribution in [0.3, 0.4) is 0 Å². The van der Waals surface area contributed by atoms with Gasteiger partial charge in [-0.05, 0) is 23.3 Å². The number of rotatable bonds is 5. The molecule has 5 nitrogen and oxygen atoms in total. The lowest BCUT2D eigenvalue weighted by molar-refractivity contribution is -0.696. The molecule has 0 atom stereocenters. The highest BCUT2D eigenvalue weighted by Gasteiger charge is 2.13. The molecule has 0 aliphatic rings. The van der Waals surface area contributed by atoms with Crippen LogP contribution >= 0.6 is 20.0 Å². The standard InChI is InChI=1S/C13H15N2O3P.2ClH/c16-19(17,18)11-1-8-15-9-4-13(5-10-15)12-2-6-14-7-3-12;;/h2-7,9-10H,1,8,11H2,(H-,16,17,18);2*1H. The summed E-state index contributed by atoms with van der Waals surface area (Å²) < 4.78 is 12.7.